The molecule has 0 aliphatic carbocycles. The second-order valence-corrected chi connectivity index (χ2v) is 6.83. The maximum atomic E-state index is 12.6. The smallest absolute Gasteiger partial charge is 0.243 e. The number of rotatable bonds is 4. The van der Waals surface area contributed by atoms with Crippen molar-refractivity contribution >= 4 is 34.8 Å². The van der Waals surface area contributed by atoms with Crippen LogP contribution in [0.1, 0.15) is 30.0 Å². The molecule has 23 heavy (non-hydrogen) atoms. The minimum atomic E-state index is -0.393. The number of halogens is 1. The minimum absolute atomic E-state index is 0.0173. The Labute approximate surface area is 144 Å². The van der Waals surface area contributed by atoms with E-state index in [4.69, 9.17) is 11.6 Å². The number of thiophene rings is 1. The summed E-state index contributed by atoms with van der Waals surface area (Å²) >= 11 is 7.54. The van der Waals surface area contributed by atoms with Gasteiger partial charge in [0.15, 0.2) is 0 Å². The van der Waals surface area contributed by atoms with Crippen molar-refractivity contribution < 1.29 is 9.59 Å². The molecule has 1 aliphatic rings. The van der Waals surface area contributed by atoms with Crippen LogP contribution < -0.4 is 5.32 Å². The number of hydrogen-bond acceptors (Lipinski definition) is 3. The van der Waals surface area contributed by atoms with E-state index in [0.29, 0.717) is 17.9 Å². The van der Waals surface area contributed by atoms with E-state index < -0.39 is 6.04 Å². The molecule has 1 aliphatic heterocycles. The summed E-state index contributed by atoms with van der Waals surface area (Å²) < 4.78 is 0. The number of amides is 2. The third-order valence-electron chi connectivity index (χ3n) is 4.16. The standard InChI is InChI=1S/C17H17ClN2O2S/c1-20-14(6-7-15(20)21)17(22)19-16(12-8-9-23-10-12)11-2-4-13(18)5-3-11/h2-5,8-10,14,16H,6-7H2,1H3,(H,19,22). The van der Waals surface area contributed by atoms with Crippen molar-refractivity contribution in [2.24, 2.45) is 0 Å². The number of nitrogens with one attached hydrogen (secondary N) is 1. The van der Waals surface area contributed by atoms with Crippen LogP contribution in [-0.2, 0) is 9.59 Å². The molecule has 1 aromatic carbocycles. The highest BCUT2D eigenvalue weighted by Crippen LogP contribution is 2.26. The number of hydrogen-bond donors (Lipinski definition) is 1. The molecule has 2 amide bonds. The lowest BCUT2D eigenvalue weighted by atomic mass is 10.0. The van der Waals surface area contributed by atoms with E-state index in [1.165, 1.54) is 4.90 Å². The largest absolute Gasteiger partial charge is 0.343 e. The van der Waals surface area contributed by atoms with Crippen LogP contribution in [0.5, 0.6) is 0 Å². The van der Waals surface area contributed by atoms with Gasteiger partial charge in [0.2, 0.25) is 11.8 Å². The average molecular weight is 349 g/mol. The Balaban J connectivity index is 1.83. The van der Waals surface area contributed by atoms with Crippen LogP contribution in [0.4, 0.5) is 0 Å². The monoisotopic (exact) mass is 348 g/mol. The molecule has 0 saturated carbocycles. The first-order valence-corrected chi connectivity index (χ1v) is 8.72. The first kappa shape index (κ1) is 16.0. The molecule has 120 valence electrons. The summed E-state index contributed by atoms with van der Waals surface area (Å²) in [5.41, 5.74) is 1.99. The molecular weight excluding hydrogens is 332 g/mol. The van der Waals surface area contributed by atoms with Crippen LogP contribution in [0, 0.1) is 0 Å². The lowest BCUT2D eigenvalue weighted by Crippen LogP contribution is -2.44. The Hall–Kier alpha value is -1.85. The maximum absolute atomic E-state index is 12.6. The van der Waals surface area contributed by atoms with E-state index in [9.17, 15) is 9.59 Å². The van der Waals surface area contributed by atoms with Crippen LogP contribution in [-0.4, -0.2) is 29.8 Å². The highest BCUT2D eigenvalue weighted by Gasteiger charge is 2.34. The molecule has 3 rings (SSSR count). The third kappa shape index (κ3) is 3.41. The van der Waals surface area contributed by atoms with E-state index in [0.717, 1.165) is 11.1 Å². The molecule has 2 unspecified atom stereocenters. The van der Waals surface area contributed by atoms with Gasteiger partial charge in [0.1, 0.15) is 6.04 Å². The Morgan fingerprint density at radius 1 is 1.30 bits per heavy atom. The molecule has 2 atom stereocenters. The zero-order valence-corrected chi connectivity index (χ0v) is 14.2. The molecule has 2 heterocycles. The fourth-order valence-electron chi connectivity index (χ4n) is 2.80. The number of nitrogens with zero attached hydrogens (tertiary/aromatic N) is 1. The van der Waals surface area contributed by atoms with Crippen molar-refractivity contribution in [1.82, 2.24) is 10.2 Å². The van der Waals surface area contributed by atoms with E-state index in [-0.39, 0.29) is 17.9 Å². The molecule has 1 saturated heterocycles. The van der Waals surface area contributed by atoms with Crippen LogP contribution in [0.3, 0.4) is 0 Å². The number of likely N-dealkylation sites (tertiary alicyclic amines) is 1. The fourth-order valence-corrected chi connectivity index (χ4v) is 3.62. The van der Waals surface area contributed by atoms with Crippen molar-refractivity contribution in [1.29, 1.82) is 0 Å². The molecule has 1 N–H and O–H groups in total. The molecule has 6 heteroatoms. The predicted octanol–water partition coefficient (Wildman–Crippen LogP) is 3.23. The van der Waals surface area contributed by atoms with Gasteiger partial charge in [-0.15, -0.1) is 0 Å². The van der Waals surface area contributed by atoms with Crippen molar-refractivity contribution in [2.75, 3.05) is 7.05 Å². The van der Waals surface area contributed by atoms with Gasteiger partial charge in [-0.1, -0.05) is 23.7 Å². The SMILES string of the molecule is CN1C(=O)CCC1C(=O)NC(c1ccc(Cl)cc1)c1ccsc1. The van der Waals surface area contributed by atoms with E-state index in [1.54, 1.807) is 18.4 Å². The minimum Gasteiger partial charge on any atom is -0.343 e. The highest BCUT2D eigenvalue weighted by molar-refractivity contribution is 7.08. The second-order valence-electron chi connectivity index (χ2n) is 5.61. The van der Waals surface area contributed by atoms with Crippen LogP contribution in [0.2, 0.25) is 5.02 Å². The zero-order valence-electron chi connectivity index (χ0n) is 12.7. The van der Waals surface area contributed by atoms with Gasteiger partial charge < -0.3 is 10.2 Å². The first-order chi connectivity index (χ1) is 11.1. The van der Waals surface area contributed by atoms with Gasteiger partial charge in [-0.05, 0) is 46.5 Å². The maximum Gasteiger partial charge on any atom is 0.243 e. The number of carbonyl (C=O) groups excluding carboxylic acids is 2. The molecule has 4 nitrogen and oxygen atoms in total. The van der Waals surface area contributed by atoms with Gasteiger partial charge in [-0.25, -0.2) is 0 Å². The van der Waals surface area contributed by atoms with Crippen LogP contribution >= 0.6 is 22.9 Å². The van der Waals surface area contributed by atoms with E-state index in [1.807, 2.05) is 41.1 Å². The van der Waals surface area contributed by atoms with Gasteiger partial charge in [-0.3, -0.25) is 9.59 Å². The average Bonchev–Trinajstić information content (AvgIpc) is 3.17. The number of benzene rings is 1. The van der Waals surface area contributed by atoms with E-state index >= 15 is 0 Å². The molecule has 2 aromatic rings. The van der Waals surface area contributed by atoms with Gasteiger partial charge >= 0.3 is 0 Å². The van der Waals surface area contributed by atoms with Crippen molar-refractivity contribution in [3.8, 4) is 0 Å². The second kappa shape index (κ2) is 6.72. The fraction of sp³-hybridized carbons (Fsp3) is 0.294. The summed E-state index contributed by atoms with van der Waals surface area (Å²) in [6.45, 7) is 0. The molecule has 1 aromatic heterocycles. The normalized spacial score (nSPS) is 19.0. The van der Waals surface area contributed by atoms with Crippen molar-refractivity contribution in [2.45, 2.75) is 24.9 Å². The molecule has 0 bridgehead atoms. The quantitative estimate of drug-likeness (QED) is 0.922. The molecule has 0 radical (unpaired) electrons. The lowest BCUT2D eigenvalue weighted by Gasteiger charge is -2.24. The van der Waals surface area contributed by atoms with Gasteiger partial charge in [0.25, 0.3) is 0 Å². The van der Waals surface area contributed by atoms with E-state index in [2.05, 4.69) is 5.32 Å². The summed E-state index contributed by atoms with van der Waals surface area (Å²) in [5.74, 6) is -0.103. The Morgan fingerprint density at radius 3 is 2.61 bits per heavy atom. The number of carbonyl (C=O) groups is 2. The Kier molecular flexibility index (Phi) is 4.68. The van der Waals surface area contributed by atoms with Gasteiger partial charge in [0, 0.05) is 18.5 Å². The van der Waals surface area contributed by atoms with Crippen LogP contribution in [0.15, 0.2) is 41.1 Å². The zero-order chi connectivity index (χ0) is 16.4. The third-order valence-corrected chi connectivity index (χ3v) is 5.12. The van der Waals surface area contributed by atoms with Crippen molar-refractivity contribution in [3.63, 3.8) is 0 Å². The Bertz CT molecular complexity index is 700. The summed E-state index contributed by atoms with van der Waals surface area (Å²) in [5, 5.41) is 7.74. The molecule has 1 fully saturated rings. The van der Waals surface area contributed by atoms with Crippen LogP contribution in [0.25, 0.3) is 0 Å². The summed E-state index contributed by atoms with van der Waals surface area (Å²) in [6.07, 6.45) is 0.997. The summed E-state index contributed by atoms with van der Waals surface area (Å²) in [6, 6.07) is 8.81. The topological polar surface area (TPSA) is 49.4 Å². The highest BCUT2D eigenvalue weighted by atomic mass is 35.5. The number of likely N-dealkylation sites (N-methyl/N-ethyl adjacent to an activating group) is 1. The lowest BCUT2D eigenvalue weighted by molar-refractivity contribution is -0.134. The van der Waals surface area contributed by atoms with Crippen molar-refractivity contribution in [3.05, 3.63) is 57.2 Å². The predicted molar refractivity (Wildman–Crippen MR) is 91.5 cm³/mol. The molecular formula is C17H17ClN2O2S. The molecule has 0 spiro atoms. The Morgan fingerprint density at radius 2 is 2.04 bits per heavy atom. The summed E-state index contributed by atoms with van der Waals surface area (Å²) in [7, 11) is 1.68. The van der Waals surface area contributed by atoms with Gasteiger partial charge in [-0.2, -0.15) is 11.3 Å². The first-order valence-electron chi connectivity index (χ1n) is 7.40. The summed E-state index contributed by atoms with van der Waals surface area (Å²) in [4.78, 5) is 25.8. The van der Waals surface area contributed by atoms with Gasteiger partial charge in [0.05, 0.1) is 6.04 Å².